The fraction of sp³-hybridized carbons (Fsp3) is 0.750. The van der Waals surface area contributed by atoms with Crippen molar-refractivity contribution >= 4 is 6.03 Å². The van der Waals surface area contributed by atoms with Gasteiger partial charge in [0.2, 0.25) is 0 Å². The summed E-state index contributed by atoms with van der Waals surface area (Å²) in [5, 5.41) is 15.1. The molecule has 0 saturated carbocycles. The second kappa shape index (κ2) is 6.53. The van der Waals surface area contributed by atoms with Crippen LogP contribution in [0.4, 0.5) is 4.79 Å². The Morgan fingerprint density at radius 3 is 2.62 bits per heavy atom. The minimum Gasteiger partial charge on any atom is -0.391 e. The normalized spacial score (nSPS) is 17.8. The third-order valence-electron chi connectivity index (χ3n) is 2.58. The van der Waals surface area contributed by atoms with Gasteiger partial charge in [0.15, 0.2) is 0 Å². The van der Waals surface area contributed by atoms with Crippen molar-refractivity contribution in [3.8, 4) is 0 Å². The van der Waals surface area contributed by atoms with Crippen molar-refractivity contribution in [2.45, 2.75) is 45.3 Å². The first-order valence-electron chi connectivity index (χ1n) is 5.95. The van der Waals surface area contributed by atoms with Crippen LogP contribution in [-0.2, 0) is 0 Å². The zero-order valence-electron chi connectivity index (χ0n) is 10.1. The maximum atomic E-state index is 11.4. The average molecular weight is 226 g/mol. The fourth-order valence-corrected chi connectivity index (χ4v) is 1.81. The van der Waals surface area contributed by atoms with Crippen LogP contribution < -0.4 is 10.6 Å². The molecule has 0 aliphatic heterocycles. The second-order valence-electron chi connectivity index (χ2n) is 4.78. The van der Waals surface area contributed by atoms with Gasteiger partial charge in [0.25, 0.3) is 0 Å². The van der Waals surface area contributed by atoms with Crippen LogP contribution in [0.25, 0.3) is 0 Å². The van der Waals surface area contributed by atoms with E-state index in [0.717, 1.165) is 12.8 Å². The second-order valence-corrected chi connectivity index (χ2v) is 4.78. The number of hydrogen-bond donors (Lipinski definition) is 3. The number of rotatable bonds is 5. The first-order chi connectivity index (χ1) is 7.58. The lowest BCUT2D eigenvalue weighted by atomic mass is 10.1. The predicted molar refractivity (Wildman–Crippen MR) is 64.2 cm³/mol. The van der Waals surface area contributed by atoms with Crippen molar-refractivity contribution in [1.29, 1.82) is 0 Å². The molecule has 1 rings (SSSR count). The quantitative estimate of drug-likeness (QED) is 0.621. The molecule has 0 spiro atoms. The van der Waals surface area contributed by atoms with E-state index in [2.05, 4.69) is 22.8 Å². The monoisotopic (exact) mass is 226 g/mol. The van der Waals surface area contributed by atoms with E-state index in [9.17, 15) is 9.90 Å². The van der Waals surface area contributed by atoms with Gasteiger partial charge in [-0.1, -0.05) is 26.0 Å². The Morgan fingerprint density at radius 1 is 1.44 bits per heavy atom. The Morgan fingerprint density at radius 2 is 2.06 bits per heavy atom. The molecule has 92 valence electrons. The highest BCUT2D eigenvalue weighted by Gasteiger charge is 2.14. The van der Waals surface area contributed by atoms with E-state index in [1.165, 1.54) is 0 Å². The predicted octanol–water partition coefficient (Wildman–Crippen LogP) is 1.41. The molecule has 4 nitrogen and oxygen atoms in total. The molecule has 0 aromatic rings. The zero-order valence-corrected chi connectivity index (χ0v) is 10.1. The average Bonchev–Trinajstić information content (AvgIpc) is 2.66. The number of amides is 2. The molecule has 0 saturated heterocycles. The molecule has 1 aliphatic rings. The molecule has 1 aliphatic carbocycles. The minimum atomic E-state index is -0.451. The van der Waals surface area contributed by atoms with Crippen LogP contribution in [0.5, 0.6) is 0 Å². The molecule has 0 heterocycles. The van der Waals surface area contributed by atoms with E-state index >= 15 is 0 Å². The number of carbonyl (C=O) groups excluding carboxylic acids is 1. The van der Waals surface area contributed by atoms with Gasteiger partial charge in [0.05, 0.1) is 6.10 Å². The van der Waals surface area contributed by atoms with E-state index in [1.807, 2.05) is 13.8 Å². The number of aliphatic hydroxyl groups is 1. The summed E-state index contributed by atoms with van der Waals surface area (Å²) in [4.78, 5) is 11.4. The first kappa shape index (κ1) is 13.0. The summed E-state index contributed by atoms with van der Waals surface area (Å²) in [6.07, 6.45) is 6.21. The molecule has 1 unspecified atom stereocenters. The van der Waals surface area contributed by atoms with E-state index in [1.54, 1.807) is 0 Å². The molecule has 0 bridgehead atoms. The maximum Gasteiger partial charge on any atom is 0.315 e. The van der Waals surface area contributed by atoms with Gasteiger partial charge in [0, 0.05) is 12.6 Å². The third kappa shape index (κ3) is 5.16. The number of aliphatic hydroxyl groups excluding tert-OH is 1. The summed E-state index contributed by atoms with van der Waals surface area (Å²) >= 11 is 0. The van der Waals surface area contributed by atoms with Crippen LogP contribution in [0.2, 0.25) is 0 Å². The van der Waals surface area contributed by atoms with Crippen molar-refractivity contribution in [2.24, 2.45) is 5.92 Å². The van der Waals surface area contributed by atoms with E-state index in [0.29, 0.717) is 18.9 Å². The van der Waals surface area contributed by atoms with Gasteiger partial charge in [-0.3, -0.25) is 0 Å². The minimum absolute atomic E-state index is 0.184. The van der Waals surface area contributed by atoms with Crippen LogP contribution in [0, 0.1) is 5.92 Å². The highest BCUT2D eigenvalue weighted by molar-refractivity contribution is 5.74. The van der Waals surface area contributed by atoms with Gasteiger partial charge in [0.1, 0.15) is 0 Å². The Balaban J connectivity index is 2.09. The van der Waals surface area contributed by atoms with Crippen LogP contribution in [0.1, 0.15) is 33.1 Å². The van der Waals surface area contributed by atoms with Crippen LogP contribution >= 0.6 is 0 Å². The molecular formula is C12H22N2O2. The van der Waals surface area contributed by atoms with Gasteiger partial charge >= 0.3 is 6.03 Å². The molecule has 4 heteroatoms. The molecule has 0 aromatic heterocycles. The molecule has 1 atom stereocenters. The molecule has 0 radical (unpaired) electrons. The third-order valence-corrected chi connectivity index (χ3v) is 2.58. The summed E-state index contributed by atoms with van der Waals surface area (Å²) in [6, 6.07) is 0.0405. The Hall–Kier alpha value is -1.03. The smallest absolute Gasteiger partial charge is 0.315 e. The number of carbonyl (C=O) groups is 1. The molecule has 0 fully saturated rings. The van der Waals surface area contributed by atoms with Gasteiger partial charge < -0.3 is 15.7 Å². The van der Waals surface area contributed by atoms with Crippen LogP contribution in [-0.4, -0.2) is 29.8 Å². The fourth-order valence-electron chi connectivity index (χ4n) is 1.81. The summed E-state index contributed by atoms with van der Waals surface area (Å²) < 4.78 is 0. The van der Waals surface area contributed by atoms with Gasteiger partial charge in [-0.05, 0) is 25.2 Å². The highest BCUT2D eigenvalue weighted by Crippen LogP contribution is 2.08. The maximum absolute atomic E-state index is 11.4. The van der Waals surface area contributed by atoms with Crippen molar-refractivity contribution in [3.63, 3.8) is 0 Å². The van der Waals surface area contributed by atoms with Crippen molar-refractivity contribution in [1.82, 2.24) is 10.6 Å². The van der Waals surface area contributed by atoms with Crippen molar-refractivity contribution in [2.75, 3.05) is 6.54 Å². The largest absolute Gasteiger partial charge is 0.391 e. The number of urea groups is 1. The summed E-state index contributed by atoms with van der Waals surface area (Å²) in [6.45, 7) is 4.42. The molecule has 0 aromatic carbocycles. The van der Waals surface area contributed by atoms with E-state index < -0.39 is 6.10 Å². The summed E-state index contributed by atoms with van der Waals surface area (Å²) in [5.41, 5.74) is 0. The SMILES string of the molecule is CC(C)CC(O)CNC(=O)NC1CC=CC1. The molecule has 2 amide bonds. The lowest BCUT2D eigenvalue weighted by Crippen LogP contribution is -2.43. The lowest BCUT2D eigenvalue weighted by molar-refractivity contribution is 0.146. The standard InChI is InChI=1S/C12H22N2O2/c1-9(2)7-11(15)8-13-12(16)14-10-5-3-4-6-10/h3-4,9-11,15H,5-8H2,1-2H3,(H2,13,14,16). The van der Waals surface area contributed by atoms with Crippen LogP contribution in [0.3, 0.4) is 0 Å². The molecular weight excluding hydrogens is 204 g/mol. The summed E-state index contributed by atoms with van der Waals surface area (Å²) in [7, 11) is 0. The summed E-state index contributed by atoms with van der Waals surface area (Å²) in [5.74, 6) is 0.443. The molecule has 16 heavy (non-hydrogen) atoms. The first-order valence-corrected chi connectivity index (χ1v) is 5.95. The van der Waals surface area contributed by atoms with E-state index in [-0.39, 0.29) is 12.1 Å². The number of hydrogen-bond acceptors (Lipinski definition) is 2. The van der Waals surface area contributed by atoms with Crippen LogP contribution in [0.15, 0.2) is 12.2 Å². The number of nitrogens with one attached hydrogen (secondary N) is 2. The van der Waals surface area contributed by atoms with Gasteiger partial charge in [-0.25, -0.2) is 4.79 Å². The Bertz CT molecular complexity index is 243. The molecule has 3 N–H and O–H groups in total. The highest BCUT2D eigenvalue weighted by atomic mass is 16.3. The van der Waals surface area contributed by atoms with Crippen molar-refractivity contribution < 1.29 is 9.90 Å². The Kier molecular flexibility index (Phi) is 5.32. The lowest BCUT2D eigenvalue weighted by Gasteiger charge is -2.16. The van der Waals surface area contributed by atoms with Gasteiger partial charge in [-0.15, -0.1) is 0 Å². The Labute approximate surface area is 97.1 Å². The topological polar surface area (TPSA) is 61.4 Å². The van der Waals surface area contributed by atoms with Gasteiger partial charge in [-0.2, -0.15) is 0 Å². The van der Waals surface area contributed by atoms with E-state index in [4.69, 9.17) is 0 Å². The zero-order chi connectivity index (χ0) is 12.0. The van der Waals surface area contributed by atoms with Crippen molar-refractivity contribution in [3.05, 3.63) is 12.2 Å².